The van der Waals surface area contributed by atoms with Gasteiger partial charge in [-0.1, -0.05) is 23.2 Å². The number of alkyl halides is 3. The molecule has 0 rings (SSSR count). The molecule has 1 unspecified atom stereocenters. The lowest BCUT2D eigenvalue weighted by Crippen LogP contribution is -2.29. The van der Waals surface area contributed by atoms with E-state index >= 15 is 0 Å². The zero-order chi connectivity index (χ0) is 13.1. The minimum Gasteiger partial charge on any atom is -0.260 e. The van der Waals surface area contributed by atoms with Crippen LogP contribution < -0.4 is 0 Å². The molecule has 3 nitrogen and oxygen atoms in total. The second-order valence-corrected chi connectivity index (χ2v) is 5.56. The van der Waals surface area contributed by atoms with Gasteiger partial charge in [0, 0.05) is 0 Å². The molecule has 0 aromatic rings. The van der Waals surface area contributed by atoms with Gasteiger partial charge in [-0.05, 0) is 25.8 Å². The first-order valence-electron chi connectivity index (χ1n) is 3.97. The van der Waals surface area contributed by atoms with Gasteiger partial charge < -0.3 is 0 Å². The Balaban J connectivity index is 4.61. The predicted octanol–water partition coefficient (Wildman–Crippen LogP) is 3.34. The van der Waals surface area contributed by atoms with Crippen LogP contribution in [-0.4, -0.2) is 20.0 Å². The summed E-state index contributed by atoms with van der Waals surface area (Å²) < 4.78 is 60.7. The highest BCUT2D eigenvalue weighted by Crippen LogP contribution is 2.27. The van der Waals surface area contributed by atoms with E-state index in [0.29, 0.717) is 5.57 Å². The Kier molecular flexibility index (Phi) is 5.58. The van der Waals surface area contributed by atoms with Crippen LogP contribution in [0.15, 0.2) is 10.1 Å². The molecule has 0 amide bonds. The zero-order valence-corrected chi connectivity index (χ0v) is 10.6. The molecule has 0 aromatic heterocycles. The normalized spacial score (nSPS) is 14.7. The van der Waals surface area contributed by atoms with Gasteiger partial charge in [-0.15, -0.1) is 0 Å². The van der Waals surface area contributed by atoms with Gasteiger partial charge in [0.2, 0.25) is 0 Å². The standard InChI is InChI=1S/C7H9Cl2F3O3S/c1-4(6(8)9)3-5(2)15-16(13,14)7(10,11)12/h5H,3H2,1-2H3. The summed E-state index contributed by atoms with van der Waals surface area (Å²) in [6, 6.07) is 0. The van der Waals surface area contributed by atoms with Crippen LogP contribution >= 0.6 is 23.2 Å². The number of rotatable bonds is 4. The van der Waals surface area contributed by atoms with Crippen LogP contribution in [0.25, 0.3) is 0 Å². The summed E-state index contributed by atoms with van der Waals surface area (Å²) in [4.78, 5) is 0. The van der Waals surface area contributed by atoms with Crippen molar-refractivity contribution in [3.63, 3.8) is 0 Å². The number of halogens is 5. The van der Waals surface area contributed by atoms with E-state index in [1.807, 2.05) is 0 Å². The number of hydrogen-bond acceptors (Lipinski definition) is 3. The van der Waals surface area contributed by atoms with Crippen molar-refractivity contribution >= 4 is 33.3 Å². The van der Waals surface area contributed by atoms with Crippen molar-refractivity contribution in [3.8, 4) is 0 Å². The predicted molar refractivity (Wildman–Crippen MR) is 54.5 cm³/mol. The third-order valence-electron chi connectivity index (χ3n) is 1.49. The molecule has 0 heterocycles. The highest BCUT2D eigenvalue weighted by atomic mass is 35.5. The summed E-state index contributed by atoms with van der Waals surface area (Å²) in [6.07, 6.45) is -1.31. The summed E-state index contributed by atoms with van der Waals surface area (Å²) >= 11 is 10.7. The first kappa shape index (κ1) is 16.0. The molecular weight excluding hydrogens is 292 g/mol. The summed E-state index contributed by atoms with van der Waals surface area (Å²) in [6.45, 7) is 2.62. The number of hydrogen-bond donors (Lipinski definition) is 0. The molecule has 0 aromatic carbocycles. The monoisotopic (exact) mass is 300 g/mol. The van der Waals surface area contributed by atoms with Crippen LogP contribution in [0.4, 0.5) is 13.2 Å². The van der Waals surface area contributed by atoms with E-state index in [4.69, 9.17) is 23.2 Å². The van der Waals surface area contributed by atoms with E-state index in [0.717, 1.165) is 0 Å². The smallest absolute Gasteiger partial charge is 0.260 e. The van der Waals surface area contributed by atoms with Crippen molar-refractivity contribution in [2.45, 2.75) is 31.9 Å². The Labute approximate surface area is 101 Å². The summed E-state index contributed by atoms with van der Waals surface area (Å²) in [7, 11) is -5.58. The minimum absolute atomic E-state index is 0.113. The maximum absolute atomic E-state index is 11.9. The second kappa shape index (κ2) is 5.57. The molecule has 0 aliphatic rings. The third-order valence-corrected chi connectivity index (χ3v) is 3.28. The van der Waals surface area contributed by atoms with Crippen LogP contribution in [0.5, 0.6) is 0 Å². The van der Waals surface area contributed by atoms with Crippen LogP contribution in [0.1, 0.15) is 20.3 Å². The molecule has 0 aliphatic heterocycles. The largest absolute Gasteiger partial charge is 0.523 e. The van der Waals surface area contributed by atoms with Crippen molar-refractivity contribution < 1.29 is 25.8 Å². The molecule has 96 valence electrons. The molecule has 0 saturated heterocycles. The van der Waals surface area contributed by atoms with Crippen molar-refractivity contribution in [1.82, 2.24) is 0 Å². The molecular formula is C7H9Cl2F3O3S. The molecule has 0 aliphatic carbocycles. The van der Waals surface area contributed by atoms with Crippen molar-refractivity contribution in [2.24, 2.45) is 0 Å². The zero-order valence-electron chi connectivity index (χ0n) is 8.31. The van der Waals surface area contributed by atoms with Gasteiger partial charge in [-0.2, -0.15) is 21.6 Å². The quantitative estimate of drug-likeness (QED) is 0.591. The molecule has 0 N–H and O–H groups in total. The maximum Gasteiger partial charge on any atom is 0.523 e. The van der Waals surface area contributed by atoms with Crippen molar-refractivity contribution in [3.05, 3.63) is 10.1 Å². The molecule has 0 saturated carbocycles. The first-order valence-corrected chi connectivity index (χ1v) is 6.14. The fourth-order valence-corrected chi connectivity index (χ4v) is 1.58. The summed E-state index contributed by atoms with van der Waals surface area (Å²) in [5.41, 5.74) is -5.09. The van der Waals surface area contributed by atoms with Crippen molar-refractivity contribution in [1.29, 1.82) is 0 Å². The first-order chi connectivity index (χ1) is 6.97. The fourth-order valence-electron chi connectivity index (χ4n) is 0.813. The second-order valence-electron chi connectivity index (χ2n) is 3.05. The lowest BCUT2D eigenvalue weighted by Gasteiger charge is -2.14. The van der Waals surface area contributed by atoms with Crippen LogP contribution in [0.3, 0.4) is 0 Å². The lowest BCUT2D eigenvalue weighted by molar-refractivity contribution is -0.0567. The average Bonchev–Trinajstić information content (AvgIpc) is 1.99. The molecule has 0 bridgehead atoms. The van der Waals surface area contributed by atoms with Gasteiger partial charge in [0.25, 0.3) is 0 Å². The van der Waals surface area contributed by atoms with Gasteiger partial charge in [-0.3, -0.25) is 4.18 Å². The van der Waals surface area contributed by atoms with E-state index in [-0.39, 0.29) is 10.9 Å². The molecule has 0 spiro atoms. The topological polar surface area (TPSA) is 43.4 Å². The summed E-state index contributed by atoms with van der Waals surface area (Å²) in [5, 5.41) is 0. The van der Waals surface area contributed by atoms with Gasteiger partial charge in [0.1, 0.15) is 4.49 Å². The molecule has 16 heavy (non-hydrogen) atoms. The Morgan fingerprint density at radius 1 is 1.38 bits per heavy atom. The van der Waals surface area contributed by atoms with Crippen LogP contribution in [-0.2, 0) is 14.3 Å². The Morgan fingerprint density at radius 3 is 2.12 bits per heavy atom. The van der Waals surface area contributed by atoms with E-state index in [2.05, 4.69) is 4.18 Å². The van der Waals surface area contributed by atoms with Gasteiger partial charge in [-0.25, -0.2) is 0 Å². The maximum atomic E-state index is 11.9. The average molecular weight is 301 g/mol. The van der Waals surface area contributed by atoms with Gasteiger partial charge in [0.05, 0.1) is 6.10 Å². The van der Waals surface area contributed by atoms with Crippen LogP contribution in [0.2, 0.25) is 0 Å². The lowest BCUT2D eigenvalue weighted by atomic mass is 10.2. The molecule has 9 heteroatoms. The van der Waals surface area contributed by atoms with E-state index in [1.54, 1.807) is 0 Å². The van der Waals surface area contributed by atoms with E-state index in [9.17, 15) is 21.6 Å². The van der Waals surface area contributed by atoms with Gasteiger partial charge >= 0.3 is 15.6 Å². The SMILES string of the molecule is CC(CC(C)OS(=O)(=O)C(F)(F)F)=C(Cl)Cl. The van der Waals surface area contributed by atoms with Crippen LogP contribution in [0, 0.1) is 0 Å². The summed E-state index contributed by atoms with van der Waals surface area (Å²) in [5.74, 6) is 0. The Bertz CT molecular complexity index is 371. The van der Waals surface area contributed by atoms with E-state index in [1.165, 1.54) is 13.8 Å². The highest BCUT2D eigenvalue weighted by molar-refractivity contribution is 7.87. The third kappa shape index (κ3) is 4.90. The molecule has 1 atom stereocenters. The van der Waals surface area contributed by atoms with E-state index < -0.39 is 21.7 Å². The molecule has 0 radical (unpaired) electrons. The Hall–Kier alpha value is 0.0200. The van der Waals surface area contributed by atoms with Crippen molar-refractivity contribution in [2.75, 3.05) is 0 Å². The highest BCUT2D eigenvalue weighted by Gasteiger charge is 2.48. The Morgan fingerprint density at radius 2 is 1.81 bits per heavy atom. The molecule has 0 fully saturated rings. The fraction of sp³-hybridized carbons (Fsp3) is 0.714. The minimum atomic E-state index is -5.58. The van der Waals surface area contributed by atoms with Gasteiger partial charge in [0.15, 0.2) is 0 Å².